The van der Waals surface area contributed by atoms with Crippen LogP contribution in [-0.4, -0.2) is 13.7 Å². The van der Waals surface area contributed by atoms with E-state index in [0.29, 0.717) is 0 Å². The second kappa shape index (κ2) is 16.6. The lowest BCUT2D eigenvalue weighted by atomic mass is 9.86. The Morgan fingerprint density at radius 1 is 0.225 bits per heavy atom. The summed E-state index contributed by atoms with van der Waals surface area (Å²) in [5.74, 6) is 0. The molecule has 2 aliphatic rings. The summed E-state index contributed by atoms with van der Waals surface area (Å²) in [6.07, 6.45) is 2.89. The summed E-state index contributed by atoms with van der Waals surface area (Å²) >= 11 is 0. The van der Waals surface area contributed by atoms with Crippen molar-refractivity contribution in [3.05, 3.63) is 283 Å². The summed E-state index contributed by atoms with van der Waals surface area (Å²) in [5, 5.41) is 12.7. The number of rotatable bonds is 5. The van der Waals surface area contributed by atoms with Gasteiger partial charge in [-0.15, -0.1) is 0 Å². The highest BCUT2D eigenvalue weighted by atomic mass is 15.0. The SMILES string of the molecule is c1ccc(-c2c3ccccc3c(-c3ccc(-n4c5ccc(-c6cc7c8c(c6)c6ccccc6n8-c6ccccc6CC7)cc5c5cc(-c6cc7c8c(c6)c6ccccc6n8-c6ccccc6C7)ccc54)cc3)c3ccccc23)cc1. The Bertz CT molecular complexity index is 5260. The molecule has 0 aliphatic carbocycles. The van der Waals surface area contributed by atoms with E-state index in [-0.39, 0.29) is 0 Å². The minimum atomic E-state index is 0.900. The maximum absolute atomic E-state index is 2.53. The Hall–Kier alpha value is -10.2. The van der Waals surface area contributed by atoms with Gasteiger partial charge in [-0.25, -0.2) is 0 Å². The van der Waals surface area contributed by atoms with Gasteiger partial charge in [0.2, 0.25) is 0 Å². The Morgan fingerprint density at radius 2 is 0.625 bits per heavy atom. The Morgan fingerprint density at radius 3 is 1.20 bits per heavy atom. The Kier molecular flexibility index (Phi) is 9.12. The van der Waals surface area contributed by atoms with E-state index in [9.17, 15) is 0 Å². The number of fused-ring (bicyclic) bond motifs is 15. The summed E-state index contributed by atoms with van der Waals surface area (Å²) in [7, 11) is 0. The van der Waals surface area contributed by atoms with Crippen LogP contribution in [0.3, 0.4) is 0 Å². The lowest BCUT2D eigenvalue weighted by Crippen LogP contribution is -2.07. The van der Waals surface area contributed by atoms with Crippen molar-refractivity contribution in [2.24, 2.45) is 0 Å². The van der Waals surface area contributed by atoms with E-state index in [2.05, 4.69) is 275 Å². The van der Waals surface area contributed by atoms with E-state index in [4.69, 9.17) is 0 Å². The van der Waals surface area contributed by atoms with Gasteiger partial charge in [0, 0.05) is 55.8 Å². The van der Waals surface area contributed by atoms with E-state index in [1.165, 1.54) is 165 Å². The average Bonchev–Trinajstić information content (AvgIpc) is 4.23. The minimum Gasteiger partial charge on any atom is -0.309 e. The van der Waals surface area contributed by atoms with Crippen molar-refractivity contribution in [2.75, 3.05) is 0 Å². The maximum Gasteiger partial charge on any atom is 0.0577 e. The predicted octanol–water partition coefficient (Wildman–Crippen LogP) is 20.0. The van der Waals surface area contributed by atoms with Gasteiger partial charge >= 0.3 is 0 Å². The van der Waals surface area contributed by atoms with Crippen LogP contribution in [0, 0.1) is 0 Å². The normalized spacial score (nSPS) is 12.8. The molecular formula is C77H49N3. The van der Waals surface area contributed by atoms with Crippen LogP contribution in [0.1, 0.15) is 22.3 Å². The maximum atomic E-state index is 2.53. The summed E-state index contributed by atoms with van der Waals surface area (Å²) in [6, 6.07) is 98.3. The van der Waals surface area contributed by atoms with Gasteiger partial charge in [-0.05, 0) is 186 Å². The molecule has 18 rings (SSSR count). The molecule has 0 saturated carbocycles. The van der Waals surface area contributed by atoms with Gasteiger partial charge < -0.3 is 13.7 Å². The van der Waals surface area contributed by atoms with Gasteiger partial charge in [-0.2, -0.15) is 0 Å². The molecule has 13 aromatic carbocycles. The Labute approximate surface area is 462 Å². The van der Waals surface area contributed by atoms with Crippen LogP contribution < -0.4 is 0 Å². The van der Waals surface area contributed by atoms with Crippen molar-refractivity contribution >= 4 is 87.0 Å². The number of aryl methyl sites for hydroxylation is 2. The molecule has 80 heavy (non-hydrogen) atoms. The molecule has 2 aliphatic heterocycles. The van der Waals surface area contributed by atoms with Gasteiger partial charge in [0.15, 0.2) is 0 Å². The second-order valence-corrected chi connectivity index (χ2v) is 22.3. The largest absolute Gasteiger partial charge is 0.309 e. The third kappa shape index (κ3) is 6.20. The van der Waals surface area contributed by atoms with Crippen molar-refractivity contribution in [2.45, 2.75) is 19.3 Å². The number of benzene rings is 13. The first kappa shape index (κ1) is 43.8. The van der Waals surface area contributed by atoms with Crippen LogP contribution >= 0.6 is 0 Å². The van der Waals surface area contributed by atoms with E-state index in [1.807, 2.05) is 0 Å². The minimum absolute atomic E-state index is 0.900. The zero-order valence-electron chi connectivity index (χ0n) is 43.8. The van der Waals surface area contributed by atoms with E-state index < -0.39 is 0 Å². The summed E-state index contributed by atoms with van der Waals surface area (Å²) in [5.41, 5.74) is 26.7. The Balaban J connectivity index is 0.844. The van der Waals surface area contributed by atoms with Crippen LogP contribution in [0.15, 0.2) is 261 Å². The fourth-order valence-corrected chi connectivity index (χ4v) is 14.6. The molecule has 0 fully saturated rings. The lowest BCUT2D eigenvalue weighted by molar-refractivity contribution is 0.975. The van der Waals surface area contributed by atoms with Gasteiger partial charge in [-0.1, -0.05) is 176 Å². The first-order chi connectivity index (χ1) is 39.7. The highest BCUT2D eigenvalue weighted by Gasteiger charge is 2.26. The lowest BCUT2D eigenvalue weighted by Gasteiger charge is -2.21. The summed E-state index contributed by atoms with van der Waals surface area (Å²) in [6.45, 7) is 0. The van der Waals surface area contributed by atoms with Crippen LogP contribution in [-0.2, 0) is 19.3 Å². The molecule has 0 bridgehead atoms. The standard InChI is InChI=1S/C77H49N3/c1-2-17-48(18-3-1)74-60-22-6-8-24-62(60)75(63-25-9-7-23-61(63)74)49-32-36-57(37-33-49)78-72-38-34-50(54-41-53-31-30-47-16-4-12-26-68(47)79-70-28-14-10-20-58(70)66(45-54)76(53)79)43-64(72)65-44-51(35-39-73(65)78)55-42-56-40-52-19-5-13-27-69(52)80-71-29-15-11-21-59(71)67(46-55)77(56)80/h1-29,32-39,41-46H,30-31,40H2. The molecule has 0 saturated heterocycles. The fraction of sp³-hybridized carbons (Fsp3) is 0.0390. The van der Waals surface area contributed by atoms with E-state index in [0.717, 1.165) is 24.9 Å². The molecule has 16 aromatic rings. The van der Waals surface area contributed by atoms with Crippen LogP contribution in [0.25, 0.3) is 149 Å². The summed E-state index contributed by atoms with van der Waals surface area (Å²) < 4.78 is 7.53. The molecule has 3 aromatic heterocycles. The first-order valence-electron chi connectivity index (χ1n) is 28.2. The van der Waals surface area contributed by atoms with Crippen LogP contribution in [0.2, 0.25) is 0 Å². The van der Waals surface area contributed by atoms with Crippen molar-refractivity contribution in [1.29, 1.82) is 0 Å². The third-order valence-corrected chi connectivity index (χ3v) is 18.0. The highest BCUT2D eigenvalue weighted by molar-refractivity contribution is 6.22. The number of hydrogen-bond acceptors (Lipinski definition) is 0. The number of aromatic nitrogens is 3. The van der Waals surface area contributed by atoms with Crippen LogP contribution in [0.4, 0.5) is 0 Å². The molecule has 0 spiro atoms. The van der Waals surface area contributed by atoms with E-state index in [1.54, 1.807) is 0 Å². The fourth-order valence-electron chi connectivity index (χ4n) is 14.6. The molecule has 0 atom stereocenters. The molecule has 3 nitrogen and oxygen atoms in total. The second-order valence-electron chi connectivity index (χ2n) is 22.3. The number of hydrogen-bond donors (Lipinski definition) is 0. The van der Waals surface area contributed by atoms with Crippen molar-refractivity contribution < 1.29 is 0 Å². The van der Waals surface area contributed by atoms with Crippen molar-refractivity contribution in [1.82, 2.24) is 13.7 Å². The smallest absolute Gasteiger partial charge is 0.0577 e. The predicted molar refractivity (Wildman–Crippen MR) is 336 cm³/mol. The molecule has 3 heteroatoms. The van der Waals surface area contributed by atoms with Crippen LogP contribution in [0.5, 0.6) is 0 Å². The average molecular weight is 1020 g/mol. The monoisotopic (exact) mass is 1020 g/mol. The molecule has 372 valence electrons. The van der Waals surface area contributed by atoms with E-state index >= 15 is 0 Å². The van der Waals surface area contributed by atoms with Gasteiger partial charge in [0.05, 0.1) is 33.1 Å². The third-order valence-electron chi connectivity index (χ3n) is 18.0. The molecule has 0 unspecified atom stereocenters. The summed E-state index contributed by atoms with van der Waals surface area (Å²) in [4.78, 5) is 0. The molecule has 0 N–H and O–H groups in total. The van der Waals surface area contributed by atoms with Gasteiger partial charge in [0.1, 0.15) is 0 Å². The van der Waals surface area contributed by atoms with Gasteiger partial charge in [-0.3, -0.25) is 0 Å². The van der Waals surface area contributed by atoms with Crippen molar-refractivity contribution in [3.63, 3.8) is 0 Å². The zero-order chi connectivity index (χ0) is 52.2. The highest BCUT2D eigenvalue weighted by Crippen LogP contribution is 2.47. The number of nitrogens with zero attached hydrogens (tertiary/aromatic N) is 3. The quantitative estimate of drug-likeness (QED) is 0.153. The number of para-hydroxylation sites is 4. The first-order valence-corrected chi connectivity index (χ1v) is 28.2. The molecular weight excluding hydrogens is 967 g/mol. The topological polar surface area (TPSA) is 14.8 Å². The zero-order valence-corrected chi connectivity index (χ0v) is 43.8. The molecule has 0 radical (unpaired) electrons. The molecule has 0 amide bonds. The molecule has 5 heterocycles. The van der Waals surface area contributed by atoms with Gasteiger partial charge in [0.25, 0.3) is 0 Å². The van der Waals surface area contributed by atoms with Crippen molar-refractivity contribution in [3.8, 4) is 61.6 Å².